The molecule has 2 nitrogen and oxygen atoms in total. The third-order valence-corrected chi connectivity index (χ3v) is 1.55. The van der Waals surface area contributed by atoms with Gasteiger partial charge in [0.15, 0.2) is 0 Å². The smallest absolute Gasteiger partial charge is 0.306 e. The summed E-state index contributed by atoms with van der Waals surface area (Å²) in [6.07, 6.45) is 3.78. The first-order valence-electron chi connectivity index (χ1n) is 3.31. The quantitative estimate of drug-likeness (QED) is 0.523. The predicted molar refractivity (Wildman–Crippen MR) is 33.7 cm³/mol. The van der Waals surface area contributed by atoms with Crippen LogP contribution < -0.4 is 0 Å². The molecular weight excluding hydrogens is 116 g/mol. The molecule has 1 saturated carbocycles. The Bertz CT molecular complexity index is 105. The molecule has 0 saturated heterocycles. The van der Waals surface area contributed by atoms with Crippen molar-refractivity contribution in [3.05, 3.63) is 6.92 Å². The van der Waals surface area contributed by atoms with Gasteiger partial charge in [-0.15, -0.1) is 0 Å². The van der Waals surface area contributed by atoms with Crippen molar-refractivity contribution >= 4 is 5.97 Å². The van der Waals surface area contributed by atoms with Gasteiger partial charge >= 0.3 is 5.97 Å². The zero-order valence-electron chi connectivity index (χ0n) is 5.43. The minimum atomic E-state index is -0.167. The van der Waals surface area contributed by atoms with Gasteiger partial charge in [-0.25, -0.2) is 0 Å². The molecule has 1 radical (unpaired) electrons. The summed E-state index contributed by atoms with van der Waals surface area (Å²) >= 11 is 0. The van der Waals surface area contributed by atoms with Gasteiger partial charge in [-0.2, -0.15) is 0 Å². The lowest BCUT2D eigenvalue weighted by atomic mass is 9.96. The second kappa shape index (κ2) is 2.85. The van der Waals surface area contributed by atoms with Crippen LogP contribution in [0.4, 0.5) is 0 Å². The molecule has 0 atom stereocenters. The fraction of sp³-hybridized carbons (Fsp3) is 0.714. The summed E-state index contributed by atoms with van der Waals surface area (Å²) in [5, 5.41) is 0. The minimum Gasteiger partial charge on any atom is -0.462 e. The predicted octanol–water partition coefficient (Wildman–Crippen LogP) is 1.31. The van der Waals surface area contributed by atoms with E-state index in [0.29, 0.717) is 0 Å². The molecule has 2 heteroatoms. The second-order valence-electron chi connectivity index (χ2n) is 2.29. The third kappa shape index (κ3) is 1.70. The molecule has 0 unspecified atom stereocenters. The van der Waals surface area contributed by atoms with Crippen molar-refractivity contribution in [2.75, 3.05) is 0 Å². The highest BCUT2D eigenvalue weighted by Gasteiger charge is 2.20. The van der Waals surface area contributed by atoms with Crippen molar-refractivity contribution < 1.29 is 9.53 Å². The summed E-state index contributed by atoms with van der Waals surface area (Å²) in [4.78, 5) is 10.5. The van der Waals surface area contributed by atoms with Gasteiger partial charge in [0.1, 0.15) is 6.10 Å². The van der Waals surface area contributed by atoms with Gasteiger partial charge in [-0.05, 0) is 26.2 Å². The fourth-order valence-corrected chi connectivity index (χ4v) is 0.733. The molecular formula is C7H11O2. The summed E-state index contributed by atoms with van der Waals surface area (Å²) in [5.41, 5.74) is 0. The molecule has 1 rings (SSSR count). The molecule has 1 aliphatic rings. The van der Waals surface area contributed by atoms with E-state index in [1.54, 1.807) is 0 Å². The van der Waals surface area contributed by atoms with Gasteiger partial charge in [0.2, 0.25) is 0 Å². The van der Waals surface area contributed by atoms with Crippen LogP contribution in [0.1, 0.15) is 25.7 Å². The average Bonchev–Trinajstić information content (AvgIpc) is 1.78. The largest absolute Gasteiger partial charge is 0.462 e. The van der Waals surface area contributed by atoms with Crippen molar-refractivity contribution in [2.24, 2.45) is 0 Å². The van der Waals surface area contributed by atoms with Crippen molar-refractivity contribution in [1.29, 1.82) is 0 Å². The van der Waals surface area contributed by atoms with E-state index in [2.05, 4.69) is 6.92 Å². The normalized spacial score (nSPS) is 18.8. The minimum absolute atomic E-state index is 0.167. The number of ether oxygens (including phenoxy) is 1. The molecule has 9 heavy (non-hydrogen) atoms. The van der Waals surface area contributed by atoms with Crippen molar-refractivity contribution in [2.45, 2.75) is 31.8 Å². The van der Waals surface area contributed by atoms with Crippen LogP contribution in [0.25, 0.3) is 0 Å². The Morgan fingerprint density at radius 1 is 1.67 bits per heavy atom. The molecule has 0 N–H and O–H groups in total. The van der Waals surface area contributed by atoms with Gasteiger partial charge in [0, 0.05) is 6.42 Å². The number of hydrogen-bond donors (Lipinski definition) is 0. The Labute approximate surface area is 55.2 Å². The summed E-state index contributed by atoms with van der Waals surface area (Å²) < 4.78 is 4.93. The zero-order valence-corrected chi connectivity index (χ0v) is 5.43. The summed E-state index contributed by atoms with van der Waals surface area (Å²) in [7, 11) is 0. The molecule has 0 aromatic heterocycles. The zero-order chi connectivity index (χ0) is 6.69. The van der Waals surface area contributed by atoms with E-state index in [1.165, 1.54) is 6.42 Å². The summed E-state index contributed by atoms with van der Waals surface area (Å²) in [6.45, 7) is 3.42. The monoisotopic (exact) mass is 127 g/mol. The lowest BCUT2D eigenvalue weighted by Gasteiger charge is -2.24. The number of esters is 1. The number of hydrogen-bond acceptors (Lipinski definition) is 2. The van der Waals surface area contributed by atoms with E-state index in [1.807, 2.05) is 0 Å². The van der Waals surface area contributed by atoms with Gasteiger partial charge in [0.25, 0.3) is 0 Å². The highest BCUT2D eigenvalue weighted by Crippen LogP contribution is 2.21. The highest BCUT2D eigenvalue weighted by atomic mass is 16.5. The van der Waals surface area contributed by atoms with E-state index in [0.717, 1.165) is 12.8 Å². The summed E-state index contributed by atoms with van der Waals surface area (Å²) in [6, 6.07) is 0. The highest BCUT2D eigenvalue weighted by molar-refractivity contribution is 5.70. The van der Waals surface area contributed by atoms with Gasteiger partial charge in [-0.1, -0.05) is 0 Å². The van der Waals surface area contributed by atoms with Crippen LogP contribution in [0, 0.1) is 6.92 Å². The number of carbonyl (C=O) groups is 1. The number of rotatable bonds is 2. The van der Waals surface area contributed by atoms with Gasteiger partial charge < -0.3 is 4.74 Å². The molecule has 0 aromatic carbocycles. The molecule has 0 aliphatic heterocycles. The van der Waals surface area contributed by atoms with E-state index in [9.17, 15) is 4.79 Å². The van der Waals surface area contributed by atoms with Gasteiger partial charge in [0.05, 0.1) is 0 Å². The van der Waals surface area contributed by atoms with Crippen LogP contribution in [0.15, 0.2) is 0 Å². The maximum Gasteiger partial charge on any atom is 0.306 e. The topological polar surface area (TPSA) is 26.3 Å². The van der Waals surface area contributed by atoms with Crippen LogP contribution in [-0.2, 0) is 9.53 Å². The molecule has 0 amide bonds. The van der Waals surface area contributed by atoms with Crippen molar-refractivity contribution in [1.82, 2.24) is 0 Å². The van der Waals surface area contributed by atoms with E-state index in [-0.39, 0.29) is 18.5 Å². The maximum atomic E-state index is 10.5. The Morgan fingerprint density at radius 3 is 2.67 bits per heavy atom. The summed E-state index contributed by atoms with van der Waals surface area (Å²) in [5.74, 6) is -0.167. The van der Waals surface area contributed by atoms with E-state index in [4.69, 9.17) is 4.74 Å². The first-order chi connectivity index (χ1) is 4.33. The number of carbonyl (C=O) groups excluding carboxylic acids is 1. The Hall–Kier alpha value is -0.530. The third-order valence-electron chi connectivity index (χ3n) is 1.55. The molecule has 0 bridgehead atoms. The SMILES string of the molecule is [CH2]CC(=O)OC1CCC1. The standard InChI is InChI=1S/C7H11O2/c1-2-7(8)9-6-4-3-5-6/h6H,1-5H2. The lowest BCUT2D eigenvalue weighted by Crippen LogP contribution is -2.24. The van der Waals surface area contributed by atoms with E-state index < -0.39 is 0 Å². The van der Waals surface area contributed by atoms with Crippen molar-refractivity contribution in [3.8, 4) is 0 Å². The molecule has 1 fully saturated rings. The lowest BCUT2D eigenvalue weighted by molar-refractivity contribution is -0.151. The molecule has 0 heterocycles. The van der Waals surface area contributed by atoms with Crippen LogP contribution in [0.5, 0.6) is 0 Å². The molecule has 1 aliphatic carbocycles. The van der Waals surface area contributed by atoms with Crippen LogP contribution in [0.3, 0.4) is 0 Å². The van der Waals surface area contributed by atoms with Crippen LogP contribution >= 0.6 is 0 Å². The fourth-order valence-electron chi connectivity index (χ4n) is 0.733. The molecule has 51 valence electrons. The second-order valence-corrected chi connectivity index (χ2v) is 2.29. The van der Waals surface area contributed by atoms with E-state index >= 15 is 0 Å². The first kappa shape index (κ1) is 6.59. The first-order valence-corrected chi connectivity index (χ1v) is 3.31. The molecule has 0 spiro atoms. The van der Waals surface area contributed by atoms with Gasteiger partial charge in [-0.3, -0.25) is 4.79 Å². The Kier molecular flexibility index (Phi) is 2.09. The average molecular weight is 127 g/mol. The van der Waals surface area contributed by atoms with Crippen molar-refractivity contribution in [3.63, 3.8) is 0 Å². The Morgan fingerprint density at radius 2 is 2.33 bits per heavy atom. The van der Waals surface area contributed by atoms with Crippen LogP contribution in [-0.4, -0.2) is 12.1 Å². The Balaban J connectivity index is 2.09. The molecule has 0 aromatic rings. The maximum absolute atomic E-state index is 10.5. The van der Waals surface area contributed by atoms with Crippen LogP contribution in [0.2, 0.25) is 0 Å².